The summed E-state index contributed by atoms with van der Waals surface area (Å²) < 4.78 is 11.5. The van der Waals surface area contributed by atoms with Gasteiger partial charge in [0.2, 0.25) is 17.7 Å². The molecule has 0 radical (unpaired) electrons. The van der Waals surface area contributed by atoms with Crippen molar-refractivity contribution in [1.29, 1.82) is 0 Å². The van der Waals surface area contributed by atoms with E-state index < -0.39 is 0 Å². The van der Waals surface area contributed by atoms with Crippen LogP contribution in [0.5, 0.6) is 5.88 Å². The van der Waals surface area contributed by atoms with E-state index in [0.29, 0.717) is 47.6 Å². The number of para-hydroxylation sites is 1. The SMILES string of the molecule is C=CC(=O)Nc1ccnc(-c2cccc3cnc(Nc4ccc([C@H]5OCCNC5CN)nc4OC)nc23)c1. The maximum Gasteiger partial charge on any atom is 0.247 e. The Kier molecular flexibility index (Phi) is 7.50. The minimum atomic E-state index is -0.299. The normalized spacial score (nSPS) is 17.1. The van der Waals surface area contributed by atoms with Crippen LogP contribution < -0.4 is 26.4 Å². The van der Waals surface area contributed by atoms with E-state index in [1.165, 1.54) is 6.08 Å². The van der Waals surface area contributed by atoms with Crippen LogP contribution in [0.15, 0.2) is 67.5 Å². The van der Waals surface area contributed by atoms with Gasteiger partial charge in [0, 0.05) is 42.1 Å². The zero-order valence-corrected chi connectivity index (χ0v) is 20.8. The lowest BCUT2D eigenvalue weighted by Crippen LogP contribution is -2.48. The quantitative estimate of drug-likeness (QED) is 0.260. The molecule has 11 nitrogen and oxygen atoms in total. The monoisotopic (exact) mass is 512 g/mol. The van der Waals surface area contributed by atoms with E-state index in [4.69, 9.17) is 20.2 Å². The molecule has 5 N–H and O–H groups in total. The first kappa shape index (κ1) is 25.2. The molecule has 1 saturated heterocycles. The third kappa shape index (κ3) is 5.30. The molecule has 11 heteroatoms. The van der Waals surface area contributed by atoms with Gasteiger partial charge in [0.15, 0.2) is 0 Å². The number of benzene rings is 1. The highest BCUT2D eigenvalue weighted by molar-refractivity contribution is 5.99. The van der Waals surface area contributed by atoms with Crippen molar-refractivity contribution in [2.75, 3.05) is 37.4 Å². The molecule has 4 aromatic rings. The van der Waals surface area contributed by atoms with Crippen molar-refractivity contribution in [2.45, 2.75) is 12.1 Å². The van der Waals surface area contributed by atoms with Gasteiger partial charge in [-0.05, 0) is 30.3 Å². The van der Waals surface area contributed by atoms with E-state index in [0.717, 1.165) is 23.2 Å². The highest BCUT2D eigenvalue weighted by Crippen LogP contribution is 2.31. The summed E-state index contributed by atoms with van der Waals surface area (Å²) in [6.45, 7) is 5.25. The average Bonchev–Trinajstić information content (AvgIpc) is 2.97. The highest BCUT2D eigenvalue weighted by Gasteiger charge is 2.28. The first-order valence-electron chi connectivity index (χ1n) is 12.1. The number of nitrogens with one attached hydrogen (secondary N) is 3. The minimum Gasteiger partial charge on any atom is -0.480 e. The van der Waals surface area contributed by atoms with Gasteiger partial charge in [0.25, 0.3) is 0 Å². The summed E-state index contributed by atoms with van der Waals surface area (Å²) in [5, 5.41) is 10.2. The smallest absolute Gasteiger partial charge is 0.247 e. The van der Waals surface area contributed by atoms with Gasteiger partial charge in [-0.3, -0.25) is 9.78 Å². The summed E-state index contributed by atoms with van der Waals surface area (Å²) in [5.74, 6) is 0.452. The number of hydrogen-bond acceptors (Lipinski definition) is 10. The molecule has 1 amide bonds. The van der Waals surface area contributed by atoms with E-state index in [1.807, 2.05) is 30.3 Å². The number of nitrogens with two attached hydrogens (primary N) is 1. The van der Waals surface area contributed by atoms with Crippen LogP contribution in [0.25, 0.3) is 22.2 Å². The van der Waals surface area contributed by atoms with Crippen LogP contribution in [0.2, 0.25) is 0 Å². The van der Waals surface area contributed by atoms with Crippen molar-refractivity contribution in [1.82, 2.24) is 25.3 Å². The topological polar surface area (TPSA) is 149 Å². The summed E-state index contributed by atoms with van der Waals surface area (Å²) >= 11 is 0. The number of aromatic nitrogens is 4. The van der Waals surface area contributed by atoms with Crippen molar-refractivity contribution in [3.05, 3.63) is 73.2 Å². The van der Waals surface area contributed by atoms with E-state index in [-0.39, 0.29) is 18.1 Å². The molecule has 1 unspecified atom stereocenters. The Morgan fingerprint density at radius 1 is 1.26 bits per heavy atom. The molecular weight excluding hydrogens is 484 g/mol. The van der Waals surface area contributed by atoms with E-state index in [2.05, 4.69) is 37.5 Å². The van der Waals surface area contributed by atoms with Crippen molar-refractivity contribution < 1.29 is 14.3 Å². The lowest BCUT2D eigenvalue weighted by molar-refractivity contribution is -0.111. The largest absolute Gasteiger partial charge is 0.480 e. The molecule has 4 heterocycles. The summed E-state index contributed by atoms with van der Waals surface area (Å²) in [5.41, 5.74) is 9.99. The highest BCUT2D eigenvalue weighted by atomic mass is 16.5. The molecule has 0 saturated carbocycles. The van der Waals surface area contributed by atoms with Gasteiger partial charge >= 0.3 is 0 Å². The fourth-order valence-electron chi connectivity index (χ4n) is 4.31. The molecule has 1 aliphatic heterocycles. The standard InChI is InChI=1S/C27H28N8O3/c1-3-23(36)32-17-9-10-29-21(13-17)18-6-4-5-16-15-31-27(35-24(16)18)34-20-8-7-19(33-26(20)37-2)25-22(14-28)30-11-12-38-25/h3-10,13,15,22,25,30H,1,11-12,14,28H2,2H3,(H,29,32,36)(H,31,34,35)/t22?,25-/m1/s1. The van der Waals surface area contributed by atoms with Gasteiger partial charge in [0.1, 0.15) is 11.8 Å². The first-order chi connectivity index (χ1) is 18.6. The summed E-state index contributed by atoms with van der Waals surface area (Å²) in [6, 6.07) is 13.0. The van der Waals surface area contributed by atoms with Crippen LogP contribution in [0.1, 0.15) is 11.8 Å². The Balaban J connectivity index is 1.46. The second-order valence-electron chi connectivity index (χ2n) is 8.57. The van der Waals surface area contributed by atoms with Gasteiger partial charge in [-0.2, -0.15) is 0 Å². The van der Waals surface area contributed by atoms with Gasteiger partial charge in [0.05, 0.1) is 36.7 Å². The Bertz CT molecular complexity index is 1480. The number of morpholine rings is 1. The maximum atomic E-state index is 11.7. The van der Waals surface area contributed by atoms with E-state index in [9.17, 15) is 4.79 Å². The number of pyridine rings is 2. The lowest BCUT2D eigenvalue weighted by atomic mass is 10.1. The molecule has 2 atom stereocenters. The van der Waals surface area contributed by atoms with Crippen molar-refractivity contribution >= 4 is 34.1 Å². The zero-order valence-electron chi connectivity index (χ0n) is 20.8. The predicted molar refractivity (Wildman–Crippen MR) is 145 cm³/mol. The number of nitrogens with zero attached hydrogens (tertiary/aromatic N) is 4. The number of carbonyl (C=O) groups is 1. The second-order valence-corrected chi connectivity index (χ2v) is 8.57. The fraction of sp³-hybridized carbons (Fsp3) is 0.222. The van der Waals surface area contributed by atoms with Crippen LogP contribution in [-0.4, -0.2) is 58.7 Å². The summed E-state index contributed by atoms with van der Waals surface area (Å²) in [7, 11) is 1.56. The molecule has 0 aliphatic carbocycles. The molecule has 0 spiro atoms. The molecule has 0 bridgehead atoms. The number of methoxy groups -OCH3 is 1. The van der Waals surface area contributed by atoms with Crippen molar-refractivity contribution in [3.63, 3.8) is 0 Å². The van der Waals surface area contributed by atoms with Gasteiger partial charge < -0.3 is 31.2 Å². The number of anilines is 3. The Morgan fingerprint density at radius 2 is 2.16 bits per heavy atom. The zero-order chi connectivity index (χ0) is 26.5. The molecule has 194 valence electrons. The number of hydrogen-bond donors (Lipinski definition) is 4. The third-order valence-electron chi connectivity index (χ3n) is 6.14. The number of carbonyl (C=O) groups excluding carboxylic acids is 1. The molecule has 1 fully saturated rings. The first-order valence-corrected chi connectivity index (χ1v) is 12.1. The number of rotatable bonds is 8. The van der Waals surface area contributed by atoms with Gasteiger partial charge in [-0.1, -0.05) is 24.8 Å². The third-order valence-corrected chi connectivity index (χ3v) is 6.14. The van der Waals surface area contributed by atoms with E-state index in [1.54, 1.807) is 31.6 Å². The Morgan fingerprint density at radius 3 is 2.97 bits per heavy atom. The lowest BCUT2D eigenvalue weighted by Gasteiger charge is -2.31. The minimum absolute atomic E-state index is 0.0285. The van der Waals surface area contributed by atoms with Crippen LogP contribution >= 0.6 is 0 Å². The van der Waals surface area contributed by atoms with Crippen molar-refractivity contribution in [3.8, 4) is 17.1 Å². The number of amides is 1. The molecule has 3 aromatic heterocycles. The van der Waals surface area contributed by atoms with Crippen molar-refractivity contribution in [2.24, 2.45) is 5.73 Å². The van der Waals surface area contributed by atoms with E-state index >= 15 is 0 Å². The Hall–Kier alpha value is -4.45. The number of fused-ring (bicyclic) bond motifs is 1. The predicted octanol–water partition coefficient (Wildman–Crippen LogP) is 2.95. The fourth-order valence-corrected chi connectivity index (χ4v) is 4.31. The number of ether oxygens (including phenoxy) is 2. The maximum absolute atomic E-state index is 11.7. The molecular formula is C27H28N8O3. The molecule has 38 heavy (non-hydrogen) atoms. The summed E-state index contributed by atoms with van der Waals surface area (Å²) in [4.78, 5) is 30.1. The average molecular weight is 513 g/mol. The molecule has 5 rings (SSSR count). The van der Waals surface area contributed by atoms with Crippen LogP contribution in [0.4, 0.5) is 17.3 Å². The molecule has 1 aliphatic rings. The Labute approximate surface area is 219 Å². The van der Waals surface area contributed by atoms with Crippen LogP contribution in [-0.2, 0) is 9.53 Å². The van der Waals surface area contributed by atoms with Gasteiger partial charge in [-0.15, -0.1) is 0 Å². The van der Waals surface area contributed by atoms with Crippen LogP contribution in [0, 0.1) is 0 Å². The molecule has 1 aromatic carbocycles. The summed E-state index contributed by atoms with van der Waals surface area (Å²) in [6.07, 6.45) is 4.32. The second kappa shape index (κ2) is 11.3. The van der Waals surface area contributed by atoms with Gasteiger partial charge in [-0.25, -0.2) is 15.0 Å². The van der Waals surface area contributed by atoms with Crippen LogP contribution in [0.3, 0.4) is 0 Å².